The van der Waals surface area contributed by atoms with E-state index in [-0.39, 0.29) is 14.7 Å². The van der Waals surface area contributed by atoms with Gasteiger partial charge in [0.25, 0.3) is 0 Å². The van der Waals surface area contributed by atoms with Crippen molar-refractivity contribution in [1.82, 2.24) is 8.55 Å². The first-order valence-electron chi connectivity index (χ1n) is 6.01. The average Bonchev–Trinajstić information content (AvgIpc) is 3.03. The van der Waals surface area contributed by atoms with Gasteiger partial charge in [-0.25, -0.2) is 0 Å². The zero-order valence-electron chi connectivity index (χ0n) is 9.96. The number of rotatable bonds is 1. The predicted molar refractivity (Wildman–Crippen MR) is 82.9 cm³/mol. The van der Waals surface area contributed by atoms with Crippen molar-refractivity contribution in [3.8, 4) is 5.69 Å². The van der Waals surface area contributed by atoms with Crippen molar-refractivity contribution in [3.05, 3.63) is 59.5 Å². The molecule has 19 heavy (non-hydrogen) atoms. The molecular formula is C15H10N2SSe. The summed E-state index contributed by atoms with van der Waals surface area (Å²) < 4.78 is 4.58. The number of hydrogen-bond acceptors (Lipinski definition) is 1. The van der Waals surface area contributed by atoms with Gasteiger partial charge in [0.2, 0.25) is 0 Å². The van der Waals surface area contributed by atoms with Crippen LogP contribution in [0.3, 0.4) is 0 Å². The van der Waals surface area contributed by atoms with Gasteiger partial charge in [0.05, 0.1) is 0 Å². The summed E-state index contributed by atoms with van der Waals surface area (Å²) in [6.07, 6.45) is 4.04. The molecule has 0 amide bonds. The topological polar surface area (TPSA) is 20.7 Å². The first kappa shape index (κ1) is 11.2. The van der Waals surface area contributed by atoms with Crippen molar-refractivity contribution in [1.29, 1.82) is 0 Å². The molecule has 0 unspecified atom stereocenters. The molecule has 2 aromatic heterocycles. The molecule has 0 radical (unpaired) electrons. The molecule has 0 spiro atoms. The van der Waals surface area contributed by atoms with Gasteiger partial charge >= 0.3 is 121 Å². The summed E-state index contributed by atoms with van der Waals surface area (Å²) in [6.45, 7) is 0. The number of fused-ring (bicyclic) bond motifs is 2. The van der Waals surface area contributed by atoms with Gasteiger partial charge in [0.15, 0.2) is 0 Å². The van der Waals surface area contributed by atoms with Gasteiger partial charge in [0.1, 0.15) is 0 Å². The molecule has 0 saturated heterocycles. The van der Waals surface area contributed by atoms with Gasteiger partial charge in [-0.05, 0) is 0 Å². The third-order valence-electron chi connectivity index (χ3n) is 3.27. The zero-order chi connectivity index (χ0) is 12.8. The number of aromatic amines is 1. The van der Waals surface area contributed by atoms with E-state index in [9.17, 15) is 0 Å². The van der Waals surface area contributed by atoms with Crippen LogP contribution in [0.25, 0.3) is 26.1 Å². The Bertz CT molecular complexity index is 945. The number of nitrogens with zero attached hydrogens (tertiary/aromatic N) is 1. The normalized spacial score (nSPS) is 11.4. The molecule has 4 heteroatoms. The Balaban J connectivity index is 2.03. The van der Waals surface area contributed by atoms with Gasteiger partial charge in [-0.2, -0.15) is 0 Å². The van der Waals surface area contributed by atoms with E-state index in [0.29, 0.717) is 0 Å². The maximum atomic E-state index is 5.61. The van der Waals surface area contributed by atoms with Crippen LogP contribution in [-0.4, -0.2) is 23.3 Å². The Kier molecular flexibility index (Phi) is 2.49. The van der Waals surface area contributed by atoms with Crippen LogP contribution < -0.4 is 0 Å². The van der Waals surface area contributed by atoms with E-state index in [1.807, 2.05) is 12.4 Å². The Morgan fingerprint density at radius 3 is 2.74 bits per heavy atom. The molecule has 0 fully saturated rings. The second-order valence-corrected chi connectivity index (χ2v) is 6.91. The molecule has 4 rings (SSSR count). The van der Waals surface area contributed by atoms with Crippen molar-refractivity contribution >= 4 is 47.4 Å². The Labute approximate surface area is 121 Å². The van der Waals surface area contributed by atoms with Crippen molar-refractivity contribution in [3.63, 3.8) is 0 Å². The Morgan fingerprint density at radius 1 is 1.00 bits per heavy atom. The van der Waals surface area contributed by atoms with Gasteiger partial charge in [-0.1, -0.05) is 0 Å². The summed E-state index contributed by atoms with van der Waals surface area (Å²) in [5, 5.41) is 3.68. The number of aromatic nitrogens is 2. The monoisotopic (exact) mass is 330 g/mol. The Morgan fingerprint density at radius 2 is 1.84 bits per heavy atom. The molecule has 0 atom stereocenters. The summed E-state index contributed by atoms with van der Waals surface area (Å²) >= 11 is 5.86. The summed E-state index contributed by atoms with van der Waals surface area (Å²) in [5.41, 5.74) is 1.19. The van der Waals surface area contributed by atoms with E-state index in [1.165, 1.54) is 26.1 Å². The molecule has 1 N–H and O–H groups in total. The fraction of sp³-hybridized carbons (Fsp3) is 0. The van der Waals surface area contributed by atoms with Crippen LogP contribution in [0, 0.1) is 4.64 Å². The van der Waals surface area contributed by atoms with Gasteiger partial charge < -0.3 is 0 Å². The van der Waals surface area contributed by atoms with E-state index >= 15 is 0 Å². The number of H-pyrrole nitrogens is 1. The summed E-state index contributed by atoms with van der Waals surface area (Å²) in [7, 11) is 0. The second-order valence-electron chi connectivity index (χ2n) is 4.46. The number of nitrogens with one attached hydrogen (secondary N) is 1. The first-order chi connectivity index (χ1) is 9.33. The van der Waals surface area contributed by atoms with E-state index in [1.54, 1.807) is 0 Å². The summed E-state index contributed by atoms with van der Waals surface area (Å²) in [5.74, 6) is 0. The molecule has 2 aromatic carbocycles. The van der Waals surface area contributed by atoms with Crippen LogP contribution in [0.4, 0.5) is 0 Å². The van der Waals surface area contributed by atoms with Crippen molar-refractivity contribution in [2.24, 2.45) is 0 Å². The molecule has 92 valence electrons. The first-order valence-corrected chi connectivity index (χ1v) is 8.04. The van der Waals surface area contributed by atoms with E-state index in [2.05, 4.69) is 51.0 Å². The fourth-order valence-electron chi connectivity index (χ4n) is 2.31. The Hall–Kier alpha value is -1.61. The summed E-state index contributed by atoms with van der Waals surface area (Å²) in [6, 6.07) is 14.9. The van der Waals surface area contributed by atoms with Crippen LogP contribution in [0.1, 0.15) is 0 Å². The van der Waals surface area contributed by atoms with Gasteiger partial charge in [0, 0.05) is 0 Å². The molecule has 0 aliphatic heterocycles. The fourth-order valence-corrected chi connectivity index (χ4v) is 5.03. The zero-order valence-corrected chi connectivity index (χ0v) is 12.5. The predicted octanol–water partition coefficient (Wildman–Crippen LogP) is 3.90. The van der Waals surface area contributed by atoms with Crippen LogP contribution in [0.2, 0.25) is 0 Å². The molecule has 0 aliphatic rings. The minimum absolute atomic E-state index is 0.248. The molecule has 0 saturated carbocycles. The third kappa shape index (κ3) is 1.72. The number of benzene rings is 2. The molecular weight excluding hydrogens is 319 g/mol. The molecule has 4 aromatic rings. The van der Waals surface area contributed by atoms with Crippen molar-refractivity contribution in [2.45, 2.75) is 0 Å². The minimum atomic E-state index is 0.248. The third-order valence-corrected chi connectivity index (χ3v) is 6.31. The van der Waals surface area contributed by atoms with Crippen LogP contribution in [0.5, 0.6) is 0 Å². The van der Waals surface area contributed by atoms with E-state index in [0.717, 1.165) is 4.64 Å². The van der Waals surface area contributed by atoms with Crippen LogP contribution in [-0.2, 0) is 0 Å². The SMILES string of the molecule is S=c1c2ccccc2[se]n1-c1ccc2c[nH]cc2c1. The van der Waals surface area contributed by atoms with Crippen LogP contribution in [0.15, 0.2) is 54.9 Å². The van der Waals surface area contributed by atoms with Gasteiger partial charge in [-0.3, -0.25) is 0 Å². The second kappa shape index (κ2) is 4.20. The van der Waals surface area contributed by atoms with Crippen LogP contribution >= 0.6 is 12.2 Å². The maximum absolute atomic E-state index is 5.61. The average molecular weight is 329 g/mol. The van der Waals surface area contributed by atoms with E-state index < -0.39 is 0 Å². The van der Waals surface area contributed by atoms with Crippen molar-refractivity contribution in [2.75, 3.05) is 0 Å². The number of hydrogen-bond donors (Lipinski definition) is 1. The van der Waals surface area contributed by atoms with Crippen molar-refractivity contribution < 1.29 is 0 Å². The van der Waals surface area contributed by atoms with Gasteiger partial charge in [-0.15, -0.1) is 0 Å². The molecule has 0 bridgehead atoms. The molecule has 2 heterocycles. The summed E-state index contributed by atoms with van der Waals surface area (Å²) in [4.78, 5) is 3.14. The molecule has 2 nitrogen and oxygen atoms in total. The molecule has 0 aliphatic carbocycles. The quantitative estimate of drug-likeness (QED) is 0.415. The standard InChI is InChI=1S/C15H10N2SSe/c18-15-13-3-1-2-4-14(13)19-17(15)12-6-5-10-8-16-9-11(10)7-12/h1-9,16H. The van der Waals surface area contributed by atoms with E-state index in [4.69, 9.17) is 12.2 Å².